The van der Waals surface area contributed by atoms with Crippen LogP contribution >= 0.6 is 11.8 Å². The Kier molecular flexibility index (Phi) is 7.80. The maximum atomic E-state index is 11.3. The highest BCUT2D eigenvalue weighted by Gasteiger charge is 2.24. The van der Waals surface area contributed by atoms with Gasteiger partial charge in [-0.3, -0.25) is 5.03 Å². The van der Waals surface area contributed by atoms with Crippen LogP contribution in [-0.2, 0) is 19.1 Å². The SMILES string of the molecule is BN=N[C@@H](CSC(C#N)C(=O)OC)C(=O)OC. The molecule has 9 heteroatoms. The lowest BCUT2D eigenvalue weighted by atomic mass is 10.4. The van der Waals surface area contributed by atoms with Crippen LogP contribution in [0.3, 0.4) is 0 Å². The van der Waals surface area contributed by atoms with Crippen LogP contribution < -0.4 is 0 Å². The average Bonchev–Trinajstić information content (AvgIpc) is 2.36. The van der Waals surface area contributed by atoms with E-state index in [1.807, 2.05) is 0 Å². The second kappa shape index (κ2) is 8.58. The average molecular weight is 257 g/mol. The zero-order chi connectivity index (χ0) is 13.3. The maximum Gasteiger partial charge on any atom is 0.333 e. The van der Waals surface area contributed by atoms with Gasteiger partial charge in [-0.05, 0) is 0 Å². The number of nitrogens with zero attached hydrogens (tertiary/aromatic N) is 3. The van der Waals surface area contributed by atoms with E-state index in [4.69, 9.17) is 5.26 Å². The molecule has 7 nitrogen and oxygen atoms in total. The van der Waals surface area contributed by atoms with Gasteiger partial charge in [-0.2, -0.15) is 10.4 Å². The molecule has 17 heavy (non-hydrogen) atoms. The molecule has 0 fully saturated rings. The third kappa shape index (κ3) is 5.35. The summed E-state index contributed by atoms with van der Waals surface area (Å²) in [4.78, 5) is 22.4. The van der Waals surface area contributed by atoms with E-state index in [9.17, 15) is 9.59 Å². The molecule has 0 aromatic heterocycles. The standard InChI is InChI=1S/C8H12BN3O4S/c1-15-7(13)5(11-12-9)4-17-6(3-10)8(14)16-2/h5-6H,4,9H2,1-2H3/t5-,6?/m0/s1. The number of thioether (sulfide) groups is 1. The smallest absolute Gasteiger partial charge is 0.333 e. The van der Waals surface area contributed by atoms with Gasteiger partial charge in [-0.15, -0.1) is 11.8 Å². The summed E-state index contributed by atoms with van der Waals surface area (Å²) in [6.45, 7) is 0. The first-order chi connectivity index (χ1) is 8.10. The summed E-state index contributed by atoms with van der Waals surface area (Å²) in [7, 11) is 3.84. The van der Waals surface area contributed by atoms with Gasteiger partial charge in [0.1, 0.15) is 0 Å². The normalized spacial score (nSPS) is 13.7. The number of rotatable bonds is 6. The van der Waals surface area contributed by atoms with Gasteiger partial charge in [-0.1, -0.05) is 0 Å². The Bertz CT molecular complexity index is 344. The minimum Gasteiger partial charge on any atom is -0.467 e. The first-order valence-electron chi connectivity index (χ1n) is 4.56. The van der Waals surface area contributed by atoms with Crippen LogP contribution in [0.2, 0.25) is 0 Å². The molecule has 0 saturated carbocycles. The van der Waals surface area contributed by atoms with Crippen LogP contribution in [0.15, 0.2) is 10.1 Å². The fourth-order valence-corrected chi connectivity index (χ4v) is 1.76. The van der Waals surface area contributed by atoms with Crippen molar-refractivity contribution in [2.24, 2.45) is 10.1 Å². The number of carbonyl (C=O) groups is 2. The number of esters is 2. The number of carbonyl (C=O) groups excluding carboxylic acids is 2. The van der Waals surface area contributed by atoms with Crippen molar-refractivity contribution in [2.45, 2.75) is 11.3 Å². The van der Waals surface area contributed by atoms with Gasteiger partial charge in [0.15, 0.2) is 11.3 Å². The van der Waals surface area contributed by atoms with E-state index >= 15 is 0 Å². The molecule has 0 spiro atoms. The van der Waals surface area contributed by atoms with Gasteiger partial charge in [0.05, 0.1) is 20.3 Å². The predicted molar refractivity (Wildman–Crippen MR) is 63.1 cm³/mol. The molecule has 0 radical (unpaired) electrons. The van der Waals surface area contributed by atoms with Crippen molar-refractivity contribution in [3.8, 4) is 6.07 Å². The van der Waals surface area contributed by atoms with Crippen molar-refractivity contribution in [1.82, 2.24) is 0 Å². The molecular weight excluding hydrogens is 245 g/mol. The summed E-state index contributed by atoms with van der Waals surface area (Å²) in [5, 5.41) is 14.9. The Balaban J connectivity index is 4.44. The van der Waals surface area contributed by atoms with Crippen LogP contribution in [0.1, 0.15) is 0 Å². The van der Waals surface area contributed by atoms with Gasteiger partial charge in [-0.25, -0.2) is 9.59 Å². The van der Waals surface area contributed by atoms with Crippen molar-refractivity contribution >= 4 is 31.7 Å². The molecule has 0 aromatic carbocycles. The van der Waals surface area contributed by atoms with E-state index in [-0.39, 0.29) is 5.75 Å². The summed E-state index contributed by atoms with van der Waals surface area (Å²) in [6, 6.07) is 0.948. The lowest BCUT2D eigenvalue weighted by molar-refractivity contribution is -0.142. The van der Waals surface area contributed by atoms with E-state index in [1.54, 1.807) is 6.07 Å². The van der Waals surface area contributed by atoms with Crippen LogP contribution in [0.25, 0.3) is 0 Å². The molecule has 0 bridgehead atoms. The van der Waals surface area contributed by atoms with Crippen LogP contribution in [0.4, 0.5) is 0 Å². The quantitative estimate of drug-likeness (QED) is 0.355. The minimum absolute atomic E-state index is 0.122. The van der Waals surface area contributed by atoms with E-state index in [2.05, 4.69) is 19.6 Å². The van der Waals surface area contributed by atoms with Crippen molar-refractivity contribution in [3.05, 3.63) is 0 Å². The van der Waals surface area contributed by atoms with Crippen LogP contribution in [-0.4, -0.2) is 51.2 Å². The number of nitriles is 1. The Morgan fingerprint density at radius 1 is 1.41 bits per heavy atom. The third-order valence-electron chi connectivity index (χ3n) is 1.68. The first kappa shape index (κ1) is 15.4. The second-order valence-electron chi connectivity index (χ2n) is 2.72. The lowest BCUT2D eigenvalue weighted by Gasteiger charge is -2.10. The van der Waals surface area contributed by atoms with Gasteiger partial charge in [0, 0.05) is 5.75 Å². The van der Waals surface area contributed by atoms with Crippen molar-refractivity contribution in [2.75, 3.05) is 20.0 Å². The molecule has 1 unspecified atom stereocenters. The molecule has 0 amide bonds. The predicted octanol–water partition coefficient (Wildman–Crippen LogP) is -0.673. The van der Waals surface area contributed by atoms with Crippen molar-refractivity contribution < 1.29 is 19.1 Å². The number of ether oxygens (including phenoxy) is 2. The van der Waals surface area contributed by atoms with Crippen molar-refractivity contribution in [3.63, 3.8) is 0 Å². The summed E-state index contributed by atoms with van der Waals surface area (Å²) in [6.07, 6.45) is 0. The van der Waals surface area contributed by atoms with E-state index in [0.29, 0.717) is 0 Å². The van der Waals surface area contributed by atoms with Gasteiger partial charge in [0.25, 0.3) is 7.98 Å². The second-order valence-corrected chi connectivity index (χ2v) is 3.86. The summed E-state index contributed by atoms with van der Waals surface area (Å²) >= 11 is 0.956. The van der Waals surface area contributed by atoms with E-state index < -0.39 is 23.2 Å². The van der Waals surface area contributed by atoms with Gasteiger partial charge >= 0.3 is 11.9 Å². The highest BCUT2D eigenvalue weighted by Crippen LogP contribution is 2.15. The molecular formula is C8H12BN3O4S. The van der Waals surface area contributed by atoms with Gasteiger partial charge in [0.2, 0.25) is 0 Å². The highest BCUT2D eigenvalue weighted by atomic mass is 32.2. The van der Waals surface area contributed by atoms with Crippen LogP contribution in [0.5, 0.6) is 0 Å². The van der Waals surface area contributed by atoms with E-state index in [0.717, 1.165) is 11.8 Å². The molecule has 0 N–H and O–H groups in total. The Labute approximate surface area is 104 Å². The summed E-state index contributed by atoms with van der Waals surface area (Å²) in [5.74, 6) is -1.10. The number of hydrogen-bond donors (Lipinski definition) is 0. The molecule has 0 rings (SSSR count). The zero-order valence-electron chi connectivity index (χ0n) is 9.74. The lowest BCUT2D eigenvalue weighted by Crippen LogP contribution is -2.25. The third-order valence-corrected chi connectivity index (χ3v) is 2.82. The molecule has 0 saturated heterocycles. The Hall–Kier alpha value is -1.56. The summed E-state index contributed by atoms with van der Waals surface area (Å²) in [5.41, 5.74) is 0. The minimum atomic E-state index is -0.987. The first-order valence-corrected chi connectivity index (χ1v) is 5.61. The fourth-order valence-electron chi connectivity index (χ4n) is 0.876. The molecule has 0 aromatic rings. The van der Waals surface area contributed by atoms with Gasteiger partial charge < -0.3 is 9.47 Å². The molecule has 0 aliphatic heterocycles. The Morgan fingerprint density at radius 3 is 2.41 bits per heavy atom. The van der Waals surface area contributed by atoms with Crippen LogP contribution in [0, 0.1) is 11.3 Å². The Morgan fingerprint density at radius 2 is 2.00 bits per heavy atom. The molecule has 2 atom stereocenters. The number of hydrogen-bond acceptors (Lipinski definition) is 8. The molecule has 0 heterocycles. The van der Waals surface area contributed by atoms with Crippen molar-refractivity contribution in [1.29, 1.82) is 5.26 Å². The monoisotopic (exact) mass is 257 g/mol. The highest BCUT2D eigenvalue weighted by molar-refractivity contribution is 8.00. The maximum absolute atomic E-state index is 11.3. The zero-order valence-corrected chi connectivity index (χ0v) is 10.6. The summed E-state index contributed by atoms with van der Waals surface area (Å²) < 4.78 is 8.94. The molecule has 92 valence electrons. The van der Waals surface area contributed by atoms with E-state index in [1.165, 1.54) is 22.2 Å². The topological polar surface area (TPSA) is 101 Å². The molecule has 0 aliphatic rings. The molecule has 0 aliphatic carbocycles. The largest absolute Gasteiger partial charge is 0.467 e. The number of methoxy groups -OCH3 is 2. The fraction of sp³-hybridized carbons (Fsp3) is 0.625.